The van der Waals surface area contributed by atoms with Crippen LogP contribution in [0.25, 0.3) is 16.9 Å². The number of nitrogens with zero attached hydrogens (tertiary/aromatic N) is 3. The van der Waals surface area contributed by atoms with Crippen molar-refractivity contribution in [3.8, 4) is 11.4 Å². The Morgan fingerprint density at radius 3 is 2.74 bits per heavy atom. The number of hydrogen-bond donors (Lipinski definition) is 0. The molecule has 0 amide bonds. The molecule has 3 heterocycles. The summed E-state index contributed by atoms with van der Waals surface area (Å²) in [4.78, 5) is 19.2. The van der Waals surface area contributed by atoms with Crippen LogP contribution >= 0.6 is 0 Å². The number of fused-ring (bicyclic) bond motifs is 1. The first kappa shape index (κ1) is 13.7. The Morgan fingerprint density at radius 1 is 1.21 bits per heavy atom. The average Bonchev–Trinajstić information content (AvgIpc) is 2.79. The van der Waals surface area contributed by atoms with Crippen molar-refractivity contribution in [3.05, 3.63) is 54.6 Å². The number of carbonyl (C=O) groups is 1. The van der Waals surface area contributed by atoms with Gasteiger partial charge in [0.1, 0.15) is 11.5 Å². The summed E-state index contributed by atoms with van der Waals surface area (Å²) in [6, 6.07) is 8.87. The van der Waals surface area contributed by atoms with E-state index in [0.29, 0.717) is 11.3 Å². The maximum absolute atomic E-state index is 11.1. The van der Waals surface area contributed by atoms with E-state index in [-0.39, 0.29) is 35.3 Å². The summed E-state index contributed by atoms with van der Waals surface area (Å²) in [6.45, 7) is 0. The Labute approximate surface area is 131 Å². The van der Waals surface area contributed by atoms with Crippen LogP contribution in [0.2, 0.25) is 0 Å². The SMILES string of the molecule is O=C([O-])c1nc(-c2cccnc2)n2ccccc12.[Na+]. The van der Waals surface area contributed by atoms with E-state index in [9.17, 15) is 9.90 Å². The van der Waals surface area contributed by atoms with Gasteiger partial charge < -0.3 is 9.90 Å². The van der Waals surface area contributed by atoms with Gasteiger partial charge in [0, 0.05) is 24.2 Å². The largest absolute Gasteiger partial charge is 1.00 e. The van der Waals surface area contributed by atoms with E-state index in [1.807, 2.05) is 12.1 Å². The van der Waals surface area contributed by atoms with E-state index in [1.54, 1.807) is 41.2 Å². The predicted octanol–water partition coefficient (Wildman–Crippen LogP) is -2.24. The molecular weight excluding hydrogens is 253 g/mol. The van der Waals surface area contributed by atoms with Gasteiger partial charge in [-0.2, -0.15) is 0 Å². The smallest absolute Gasteiger partial charge is 0.543 e. The zero-order valence-corrected chi connectivity index (χ0v) is 12.3. The Balaban J connectivity index is 0.00000133. The number of carboxylic acids is 1. The second-order valence-corrected chi connectivity index (χ2v) is 3.77. The van der Waals surface area contributed by atoms with Crippen LogP contribution in [0.1, 0.15) is 10.5 Å². The van der Waals surface area contributed by atoms with Gasteiger partial charge in [-0.25, -0.2) is 4.98 Å². The van der Waals surface area contributed by atoms with E-state index >= 15 is 0 Å². The van der Waals surface area contributed by atoms with Gasteiger partial charge in [-0.15, -0.1) is 0 Å². The van der Waals surface area contributed by atoms with Crippen LogP contribution < -0.4 is 34.7 Å². The molecule has 0 fully saturated rings. The van der Waals surface area contributed by atoms with Crippen molar-refractivity contribution in [2.45, 2.75) is 0 Å². The number of aromatic carboxylic acids is 1. The molecule has 6 heteroatoms. The molecule has 0 aliphatic heterocycles. The first-order valence-electron chi connectivity index (χ1n) is 5.36. The van der Waals surface area contributed by atoms with Crippen molar-refractivity contribution in [2.24, 2.45) is 0 Å². The van der Waals surface area contributed by atoms with Gasteiger partial charge >= 0.3 is 29.6 Å². The van der Waals surface area contributed by atoms with Crippen LogP contribution in [-0.4, -0.2) is 20.3 Å². The molecule has 0 saturated heterocycles. The molecule has 5 nitrogen and oxygen atoms in total. The molecule has 0 bridgehead atoms. The maximum Gasteiger partial charge on any atom is 1.00 e. The quantitative estimate of drug-likeness (QED) is 0.489. The molecular formula is C13H8N3NaO2. The molecule has 0 unspecified atom stereocenters. The third-order valence-corrected chi connectivity index (χ3v) is 2.66. The molecule has 3 rings (SSSR count). The van der Waals surface area contributed by atoms with Gasteiger partial charge in [0.2, 0.25) is 0 Å². The molecule has 0 aliphatic carbocycles. The van der Waals surface area contributed by atoms with Gasteiger partial charge in [-0.1, -0.05) is 6.07 Å². The summed E-state index contributed by atoms with van der Waals surface area (Å²) in [5, 5.41) is 11.1. The maximum atomic E-state index is 11.1. The molecule has 0 aromatic carbocycles. The molecule has 19 heavy (non-hydrogen) atoms. The number of carbonyl (C=O) groups excluding carboxylic acids is 1. The standard InChI is InChI=1S/C13H9N3O2.Na/c17-13(18)11-10-5-1-2-7-16(10)12(15-11)9-4-3-6-14-8-9;/h1-8H,(H,17,18);/q;+1/p-1. The topological polar surface area (TPSA) is 70.3 Å². The predicted molar refractivity (Wildman–Crippen MR) is 62.8 cm³/mol. The number of carboxylic acid groups (broad SMARTS) is 1. The fraction of sp³-hybridized carbons (Fsp3) is 0. The third kappa shape index (κ3) is 2.40. The fourth-order valence-corrected chi connectivity index (χ4v) is 1.89. The summed E-state index contributed by atoms with van der Waals surface area (Å²) in [5.41, 5.74) is 1.21. The second-order valence-electron chi connectivity index (χ2n) is 3.77. The zero-order chi connectivity index (χ0) is 12.5. The van der Waals surface area contributed by atoms with Gasteiger partial charge in [0.15, 0.2) is 0 Å². The molecule has 0 aliphatic rings. The van der Waals surface area contributed by atoms with Crippen molar-refractivity contribution in [3.63, 3.8) is 0 Å². The monoisotopic (exact) mass is 261 g/mol. The molecule has 0 N–H and O–H groups in total. The number of imidazole rings is 1. The van der Waals surface area contributed by atoms with Crippen molar-refractivity contribution in [1.29, 1.82) is 0 Å². The van der Waals surface area contributed by atoms with E-state index in [2.05, 4.69) is 9.97 Å². The summed E-state index contributed by atoms with van der Waals surface area (Å²) >= 11 is 0. The Morgan fingerprint density at radius 2 is 2.05 bits per heavy atom. The van der Waals surface area contributed by atoms with E-state index in [4.69, 9.17) is 0 Å². The van der Waals surface area contributed by atoms with Crippen molar-refractivity contribution < 1.29 is 39.5 Å². The molecule has 0 saturated carbocycles. The molecule has 88 valence electrons. The molecule has 0 atom stereocenters. The Kier molecular flexibility index (Phi) is 3.99. The van der Waals surface area contributed by atoms with Gasteiger partial charge in [0.05, 0.1) is 11.5 Å². The van der Waals surface area contributed by atoms with Crippen LogP contribution in [-0.2, 0) is 0 Å². The van der Waals surface area contributed by atoms with Crippen LogP contribution in [0.3, 0.4) is 0 Å². The number of aromatic nitrogens is 3. The fourth-order valence-electron chi connectivity index (χ4n) is 1.89. The van der Waals surface area contributed by atoms with Gasteiger partial charge in [-0.3, -0.25) is 9.38 Å². The number of pyridine rings is 2. The zero-order valence-electron chi connectivity index (χ0n) is 10.3. The Bertz CT molecular complexity index is 725. The number of hydrogen-bond acceptors (Lipinski definition) is 4. The van der Waals surface area contributed by atoms with E-state index in [1.165, 1.54) is 0 Å². The average molecular weight is 261 g/mol. The molecule has 0 radical (unpaired) electrons. The minimum absolute atomic E-state index is 0. The van der Waals surface area contributed by atoms with Crippen LogP contribution in [0.4, 0.5) is 0 Å². The van der Waals surface area contributed by atoms with E-state index < -0.39 is 5.97 Å². The van der Waals surface area contributed by atoms with Gasteiger partial charge in [0.25, 0.3) is 0 Å². The Hall–Kier alpha value is -1.69. The normalized spacial score (nSPS) is 10.1. The summed E-state index contributed by atoms with van der Waals surface area (Å²) < 4.78 is 1.71. The molecule has 0 spiro atoms. The molecule has 3 aromatic rings. The van der Waals surface area contributed by atoms with Crippen LogP contribution in [0, 0.1) is 0 Å². The summed E-state index contributed by atoms with van der Waals surface area (Å²) in [7, 11) is 0. The van der Waals surface area contributed by atoms with Crippen molar-refractivity contribution in [1.82, 2.24) is 14.4 Å². The first-order valence-corrected chi connectivity index (χ1v) is 5.36. The second kappa shape index (κ2) is 5.52. The number of rotatable bonds is 2. The van der Waals surface area contributed by atoms with Crippen molar-refractivity contribution >= 4 is 11.5 Å². The summed E-state index contributed by atoms with van der Waals surface area (Å²) in [5.74, 6) is -0.744. The van der Waals surface area contributed by atoms with E-state index in [0.717, 1.165) is 5.56 Å². The first-order chi connectivity index (χ1) is 8.77. The third-order valence-electron chi connectivity index (χ3n) is 2.66. The minimum Gasteiger partial charge on any atom is -0.543 e. The van der Waals surface area contributed by atoms with Crippen LogP contribution in [0.5, 0.6) is 0 Å². The van der Waals surface area contributed by atoms with Crippen molar-refractivity contribution in [2.75, 3.05) is 0 Å². The summed E-state index contributed by atoms with van der Waals surface area (Å²) in [6.07, 6.45) is 5.05. The minimum atomic E-state index is -1.28. The van der Waals surface area contributed by atoms with Crippen LogP contribution in [0.15, 0.2) is 48.9 Å². The molecule has 3 aromatic heterocycles. The van der Waals surface area contributed by atoms with Gasteiger partial charge in [-0.05, 0) is 24.3 Å².